The second kappa shape index (κ2) is 7.71. The van der Waals surface area contributed by atoms with Gasteiger partial charge in [-0.25, -0.2) is 0 Å². The van der Waals surface area contributed by atoms with Crippen molar-refractivity contribution in [2.24, 2.45) is 0 Å². The van der Waals surface area contributed by atoms with E-state index in [2.05, 4.69) is 5.32 Å². The minimum Gasteiger partial charge on any atom is -0.493 e. The Morgan fingerprint density at radius 3 is 2.66 bits per heavy atom. The van der Waals surface area contributed by atoms with E-state index in [4.69, 9.17) is 13.9 Å². The highest BCUT2D eigenvalue weighted by molar-refractivity contribution is 6.08. The zero-order valence-electron chi connectivity index (χ0n) is 16.1. The number of carbonyl (C=O) groups excluding carboxylic acids is 2. The van der Waals surface area contributed by atoms with Gasteiger partial charge in [0.05, 0.1) is 26.0 Å². The van der Waals surface area contributed by atoms with Crippen LogP contribution in [-0.4, -0.2) is 32.6 Å². The molecule has 0 fully saturated rings. The van der Waals surface area contributed by atoms with Crippen LogP contribution in [0.2, 0.25) is 0 Å². The highest BCUT2D eigenvalue weighted by atomic mass is 16.5. The molecule has 2 amide bonds. The van der Waals surface area contributed by atoms with Crippen molar-refractivity contribution in [1.82, 2.24) is 0 Å². The van der Waals surface area contributed by atoms with Crippen molar-refractivity contribution in [3.05, 3.63) is 71.7 Å². The molecule has 1 N–H and O–H groups in total. The van der Waals surface area contributed by atoms with Crippen molar-refractivity contribution in [3.63, 3.8) is 0 Å². The van der Waals surface area contributed by atoms with Gasteiger partial charge in [-0.05, 0) is 54.4 Å². The Morgan fingerprint density at radius 1 is 1.07 bits per heavy atom. The number of fused-ring (bicyclic) bond motifs is 1. The molecule has 4 rings (SSSR count). The molecule has 0 radical (unpaired) electrons. The van der Waals surface area contributed by atoms with Crippen LogP contribution in [-0.2, 0) is 6.42 Å². The minimum absolute atomic E-state index is 0.174. The lowest BCUT2D eigenvalue weighted by Gasteiger charge is -2.16. The number of ether oxygens (including phenoxy) is 2. The summed E-state index contributed by atoms with van der Waals surface area (Å²) in [4.78, 5) is 27.0. The molecule has 3 aromatic rings. The number of rotatable bonds is 5. The molecule has 1 aromatic heterocycles. The average molecular weight is 392 g/mol. The molecule has 1 aliphatic rings. The fourth-order valence-electron chi connectivity index (χ4n) is 3.49. The number of hydrogen-bond donors (Lipinski definition) is 1. The lowest BCUT2D eigenvalue weighted by Crippen LogP contribution is -2.28. The van der Waals surface area contributed by atoms with Crippen molar-refractivity contribution in [2.45, 2.75) is 6.42 Å². The summed E-state index contributed by atoms with van der Waals surface area (Å²) in [6.45, 7) is 0.565. The molecular formula is C22H20N2O5. The number of nitrogens with zero attached hydrogens (tertiary/aromatic N) is 1. The number of furan rings is 1. The summed E-state index contributed by atoms with van der Waals surface area (Å²) in [5, 5.41) is 2.89. The maximum absolute atomic E-state index is 12.8. The Bertz CT molecular complexity index is 1060. The fourth-order valence-corrected chi connectivity index (χ4v) is 3.49. The lowest BCUT2D eigenvalue weighted by molar-refractivity contribution is 0.0961. The van der Waals surface area contributed by atoms with Crippen LogP contribution in [0, 0.1) is 0 Å². The normalized spacial score (nSPS) is 12.4. The van der Waals surface area contributed by atoms with Crippen molar-refractivity contribution in [2.75, 3.05) is 31.0 Å². The molecule has 7 nitrogen and oxygen atoms in total. The molecule has 0 atom stereocenters. The number of methoxy groups -OCH3 is 2. The summed E-state index contributed by atoms with van der Waals surface area (Å²) >= 11 is 0. The summed E-state index contributed by atoms with van der Waals surface area (Å²) in [7, 11) is 3.02. The van der Waals surface area contributed by atoms with E-state index in [1.165, 1.54) is 20.5 Å². The highest BCUT2D eigenvalue weighted by Crippen LogP contribution is 2.33. The molecule has 0 saturated carbocycles. The summed E-state index contributed by atoms with van der Waals surface area (Å²) in [6.07, 6.45) is 2.18. The largest absolute Gasteiger partial charge is 0.493 e. The molecule has 29 heavy (non-hydrogen) atoms. The maximum atomic E-state index is 12.8. The molecule has 0 bridgehead atoms. The van der Waals surface area contributed by atoms with Crippen LogP contribution in [0.25, 0.3) is 0 Å². The van der Waals surface area contributed by atoms with Crippen LogP contribution >= 0.6 is 0 Å². The molecular weight excluding hydrogens is 372 g/mol. The lowest BCUT2D eigenvalue weighted by atomic mass is 10.1. The molecule has 148 valence electrons. The third-order valence-electron chi connectivity index (χ3n) is 4.86. The maximum Gasteiger partial charge on any atom is 0.293 e. The molecule has 0 unspecified atom stereocenters. The Kier molecular flexibility index (Phi) is 4.95. The van der Waals surface area contributed by atoms with Gasteiger partial charge in [0.2, 0.25) is 0 Å². The summed E-state index contributed by atoms with van der Waals surface area (Å²) < 4.78 is 15.8. The molecule has 2 aromatic carbocycles. The Hall–Kier alpha value is -3.74. The Labute approximate surface area is 167 Å². The van der Waals surface area contributed by atoms with Gasteiger partial charge in [-0.2, -0.15) is 0 Å². The van der Waals surface area contributed by atoms with Gasteiger partial charge in [0.1, 0.15) is 0 Å². The van der Waals surface area contributed by atoms with E-state index in [9.17, 15) is 9.59 Å². The molecule has 2 heterocycles. The van der Waals surface area contributed by atoms with Gasteiger partial charge in [0.15, 0.2) is 17.3 Å². The van der Waals surface area contributed by atoms with Crippen LogP contribution in [0.3, 0.4) is 0 Å². The zero-order valence-corrected chi connectivity index (χ0v) is 16.1. The molecule has 0 spiro atoms. The summed E-state index contributed by atoms with van der Waals surface area (Å²) in [5.74, 6) is 0.694. The number of hydrogen-bond acceptors (Lipinski definition) is 5. The molecule has 0 aliphatic carbocycles. The van der Waals surface area contributed by atoms with E-state index >= 15 is 0 Å². The van der Waals surface area contributed by atoms with Gasteiger partial charge >= 0.3 is 0 Å². The predicted octanol–water partition coefficient (Wildman–Crippen LogP) is 3.75. The van der Waals surface area contributed by atoms with Crippen molar-refractivity contribution < 1.29 is 23.5 Å². The van der Waals surface area contributed by atoms with E-state index in [0.29, 0.717) is 41.5 Å². The smallest absolute Gasteiger partial charge is 0.293 e. The molecule has 7 heteroatoms. The van der Waals surface area contributed by atoms with Crippen LogP contribution < -0.4 is 19.7 Å². The Morgan fingerprint density at radius 2 is 1.93 bits per heavy atom. The number of amides is 2. The van der Waals surface area contributed by atoms with Gasteiger partial charge in [-0.1, -0.05) is 6.07 Å². The third-order valence-corrected chi connectivity index (χ3v) is 4.86. The van der Waals surface area contributed by atoms with Crippen molar-refractivity contribution >= 4 is 23.2 Å². The number of benzene rings is 2. The second-order valence-electron chi connectivity index (χ2n) is 6.52. The summed E-state index contributed by atoms with van der Waals surface area (Å²) in [5.41, 5.74) is 2.83. The molecule has 1 aliphatic heterocycles. The highest BCUT2D eigenvalue weighted by Gasteiger charge is 2.27. The van der Waals surface area contributed by atoms with Crippen LogP contribution in [0.1, 0.15) is 26.5 Å². The van der Waals surface area contributed by atoms with E-state index in [1.807, 2.05) is 12.1 Å². The first-order valence-electron chi connectivity index (χ1n) is 9.13. The van der Waals surface area contributed by atoms with Gasteiger partial charge in [-0.15, -0.1) is 0 Å². The van der Waals surface area contributed by atoms with E-state index in [1.54, 1.807) is 41.3 Å². The van der Waals surface area contributed by atoms with Gasteiger partial charge < -0.3 is 24.1 Å². The Balaban J connectivity index is 1.55. The van der Waals surface area contributed by atoms with Crippen LogP contribution in [0.15, 0.2) is 59.2 Å². The summed E-state index contributed by atoms with van der Waals surface area (Å²) in [6, 6.07) is 14.0. The van der Waals surface area contributed by atoms with Gasteiger partial charge in [0, 0.05) is 17.9 Å². The van der Waals surface area contributed by atoms with Crippen LogP contribution in [0.4, 0.5) is 11.4 Å². The number of para-hydroxylation sites is 1. The number of anilines is 2. The van der Waals surface area contributed by atoms with Gasteiger partial charge in [0.25, 0.3) is 11.8 Å². The zero-order chi connectivity index (χ0) is 20.4. The third kappa shape index (κ3) is 3.42. The SMILES string of the molecule is COc1cccc(C(=O)Nc2ccc3c(c2)CCN3C(=O)c2ccco2)c1OC. The first kappa shape index (κ1) is 18.6. The topological polar surface area (TPSA) is 81.0 Å². The fraction of sp³-hybridized carbons (Fsp3) is 0.182. The standard InChI is InChI=1S/C22H20N2O5/c1-27-18-6-3-5-16(20(18)28-2)21(25)23-15-8-9-17-14(13-15)10-11-24(17)22(26)19-7-4-12-29-19/h3-9,12-13H,10-11H2,1-2H3,(H,23,25). The van der Waals surface area contributed by atoms with Gasteiger partial charge in [-0.3, -0.25) is 9.59 Å². The first-order valence-corrected chi connectivity index (χ1v) is 9.13. The van der Waals surface area contributed by atoms with E-state index in [0.717, 1.165) is 11.3 Å². The average Bonchev–Trinajstić information content (AvgIpc) is 3.42. The number of carbonyl (C=O) groups is 2. The van der Waals surface area contributed by atoms with Crippen LogP contribution in [0.5, 0.6) is 11.5 Å². The quantitative estimate of drug-likeness (QED) is 0.715. The number of nitrogens with one attached hydrogen (secondary N) is 1. The minimum atomic E-state index is -0.304. The molecule has 0 saturated heterocycles. The predicted molar refractivity (Wildman–Crippen MR) is 108 cm³/mol. The second-order valence-corrected chi connectivity index (χ2v) is 6.52. The van der Waals surface area contributed by atoms with E-state index < -0.39 is 0 Å². The monoisotopic (exact) mass is 392 g/mol. The van der Waals surface area contributed by atoms with E-state index in [-0.39, 0.29) is 11.8 Å². The van der Waals surface area contributed by atoms with Crippen molar-refractivity contribution in [3.8, 4) is 11.5 Å². The van der Waals surface area contributed by atoms with Crippen molar-refractivity contribution in [1.29, 1.82) is 0 Å². The first-order chi connectivity index (χ1) is 14.1.